The van der Waals surface area contributed by atoms with E-state index >= 15 is 0 Å². The summed E-state index contributed by atoms with van der Waals surface area (Å²) in [5.74, 6) is -0.0815. The first kappa shape index (κ1) is 41.0. The van der Waals surface area contributed by atoms with E-state index in [0.717, 1.165) is 57.8 Å². The van der Waals surface area contributed by atoms with E-state index in [4.69, 9.17) is 5.11 Å². The molecule has 0 saturated carbocycles. The molecule has 0 radical (unpaired) electrons. The third-order valence-electron chi connectivity index (χ3n) is 7.55. The predicted octanol–water partition coefficient (Wildman–Crippen LogP) is 9.20. The number of rotatable bonds is 32. The summed E-state index contributed by atoms with van der Waals surface area (Å²) >= 11 is 0. The number of carbonyl (C=O) groups excluding carboxylic acids is 1. The average molecular weight is 602 g/mol. The van der Waals surface area contributed by atoms with Crippen LogP contribution in [0.2, 0.25) is 0 Å². The minimum Gasteiger partial charge on any atom is -0.395 e. The van der Waals surface area contributed by atoms with Gasteiger partial charge < -0.3 is 20.6 Å². The number of allylic oxidation sites excluding steroid dienone is 8. The number of aliphatic hydroxyl groups excluding tert-OH is 3. The van der Waals surface area contributed by atoms with Gasteiger partial charge in [0, 0.05) is 13.0 Å². The fraction of sp³-hybridized carbons (Fsp3) is 0.711. The summed E-state index contributed by atoms with van der Waals surface area (Å²) in [6.07, 6.45) is 43.4. The summed E-state index contributed by atoms with van der Waals surface area (Å²) in [5, 5.41) is 31.5. The van der Waals surface area contributed by atoms with Crippen molar-refractivity contribution in [2.75, 3.05) is 13.2 Å². The molecule has 0 rings (SSSR count). The van der Waals surface area contributed by atoms with Crippen molar-refractivity contribution in [3.8, 4) is 0 Å². The first-order valence-corrected chi connectivity index (χ1v) is 17.5. The van der Waals surface area contributed by atoms with Crippen LogP contribution in [0, 0.1) is 0 Å². The van der Waals surface area contributed by atoms with Crippen molar-refractivity contribution < 1.29 is 20.1 Å². The van der Waals surface area contributed by atoms with Crippen LogP contribution in [0.15, 0.2) is 61.3 Å². The van der Waals surface area contributed by atoms with Gasteiger partial charge in [0.2, 0.25) is 5.91 Å². The maximum absolute atomic E-state index is 11.5. The van der Waals surface area contributed by atoms with Crippen LogP contribution in [-0.4, -0.2) is 46.6 Å². The molecular formula is C38H67NO4. The van der Waals surface area contributed by atoms with Gasteiger partial charge in [-0.05, 0) is 116 Å². The van der Waals surface area contributed by atoms with Gasteiger partial charge >= 0.3 is 0 Å². The van der Waals surface area contributed by atoms with Crippen LogP contribution < -0.4 is 5.32 Å². The Hall–Kier alpha value is -1.95. The highest BCUT2D eigenvalue weighted by atomic mass is 16.3. The van der Waals surface area contributed by atoms with E-state index in [1.54, 1.807) is 0 Å². The van der Waals surface area contributed by atoms with Gasteiger partial charge in [-0.1, -0.05) is 80.4 Å². The standard InChI is InChI=1S/C38H67NO4/c1-2-3-4-5-6-7-8-9-10-11-12-13-14-15-16-17-18-19-20-21-22-23-25-29-36(41)30-26-24-27-31-37(42)32-28-33-38(43)39-34-35-40/h2,10-11,14-15,20-21,24,26,36-37,40-42H,1,3-9,12-13,16-19,22-23,25,27-35H2,(H,39,43)/b11-10+,15-14+,21-20+,26-24+. The minimum atomic E-state index is -0.407. The number of carbonyl (C=O) groups is 1. The van der Waals surface area contributed by atoms with Crippen molar-refractivity contribution in [2.24, 2.45) is 0 Å². The molecule has 2 unspecified atom stereocenters. The lowest BCUT2D eigenvalue weighted by Crippen LogP contribution is -2.26. The highest BCUT2D eigenvalue weighted by Gasteiger charge is 2.06. The second kappa shape index (κ2) is 34.5. The molecule has 0 aliphatic rings. The second-order valence-corrected chi connectivity index (χ2v) is 11.8. The van der Waals surface area contributed by atoms with Crippen molar-refractivity contribution in [1.29, 1.82) is 0 Å². The van der Waals surface area contributed by atoms with Gasteiger partial charge in [0.15, 0.2) is 0 Å². The lowest BCUT2D eigenvalue weighted by molar-refractivity contribution is -0.121. The molecule has 0 aliphatic carbocycles. The van der Waals surface area contributed by atoms with E-state index in [0.29, 0.717) is 32.1 Å². The van der Waals surface area contributed by atoms with Crippen LogP contribution in [0.4, 0.5) is 0 Å². The SMILES string of the molecule is C=CCCCCCCC/C=C/CC/C=C/CCCC/C=C/CCCCC(O)C/C=C/CCC(O)CCCC(=O)NCCO. The molecule has 5 nitrogen and oxygen atoms in total. The Morgan fingerprint density at radius 2 is 1.05 bits per heavy atom. The molecule has 0 fully saturated rings. The summed E-state index contributed by atoms with van der Waals surface area (Å²) in [6, 6.07) is 0. The zero-order valence-electron chi connectivity index (χ0n) is 27.5. The molecule has 4 N–H and O–H groups in total. The zero-order valence-corrected chi connectivity index (χ0v) is 27.5. The third kappa shape index (κ3) is 34.4. The largest absolute Gasteiger partial charge is 0.395 e. The molecule has 0 aliphatic heterocycles. The molecule has 248 valence electrons. The maximum atomic E-state index is 11.5. The highest BCUT2D eigenvalue weighted by Crippen LogP contribution is 2.11. The predicted molar refractivity (Wildman–Crippen MR) is 185 cm³/mol. The van der Waals surface area contributed by atoms with Gasteiger partial charge in [0.05, 0.1) is 18.8 Å². The minimum absolute atomic E-state index is 0.0529. The third-order valence-corrected chi connectivity index (χ3v) is 7.55. The van der Waals surface area contributed by atoms with Gasteiger partial charge in [-0.25, -0.2) is 0 Å². The fourth-order valence-corrected chi connectivity index (χ4v) is 4.85. The molecular weight excluding hydrogens is 534 g/mol. The van der Waals surface area contributed by atoms with Crippen molar-refractivity contribution >= 4 is 5.91 Å². The highest BCUT2D eigenvalue weighted by molar-refractivity contribution is 5.75. The van der Waals surface area contributed by atoms with Crippen LogP contribution in [0.3, 0.4) is 0 Å². The van der Waals surface area contributed by atoms with Gasteiger partial charge in [-0.3, -0.25) is 4.79 Å². The van der Waals surface area contributed by atoms with Crippen LogP contribution in [0.1, 0.15) is 148 Å². The molecule has 1 amide bonds. The summed E-state index contributed by atoms with van der Waals surface area (Å²) in [5.41, 5.74) is 0. The average Bonchev–Trinajstić information content (AvgIpc) is 3.00. The molecule has 0 aromatic rings. The van der Waals surface area contributed by atoms with Gasteiger partial charge in [-0.15, -0.1) is 6.58 Å². The Bertz CT molecular complexity index is 727. The Kier molecular flexibility index (Phi) is 33.0. The first-order valence-electron chi connectivity index (χ1n) is 17.5. The van der Waals surface area contributed by atoms with E-state index in [1.807, 2.05) is 18.2 Å². The van der Waals surface area contributed by atoms with Gasteiger partial charge in [-0.2, -0.15) is 0 Å². The van der Waals surface area contributed by atoms with Crippen molar-refractivity contribution in [3.05, 3.63) is 61.3 Å². The van der Waals surface area contributed by atoms with E-state index in [-0.39, 0.29) is 25.2 Å². The molecule has 0 spiro atoms. The zero-order chi connectivity index (χ0) is 31.5. The van der Waals surface area contributed by atoms with Crippen LogP contribution in [0.5, 0.6) is 0 Å². The van der Waals surface area contributed by atoms with Crippen molar-refractivity contribution in [1.82, 2.24) is 5.32 Å². The second-order valence-electron chi connectivity index (χ2n) is 11.8. The lowest BCUT2D eigenvalue weighted by Gasteiger charge is -2.09. The number of unbranched alkanes of at least 4 members (excludes halogenated alkanes) is 12. The van der Waals surface area contributed by atoms with E-state index in [1.165, 1.54) is 57.8 Å². The first-order chi connectivity index (χ1) is 21.1. The van der Waals surface area contributed by atoms with Crippen molar-refractivity contribution in [3.63, 3.8) is 0 Å². The van der Waals surface area contributed by atoms with Gasteiger partial charge in [0.1, 0.15) is 0 Å². The quantitative estimate of drug-likeness (QED) is 0.0457. The molecule has 43 heavy (non-hydrogen) atoms. The summed E-state index contributed by atoms with van der Waals surface area (Å²) in [7, 11) is 0. The maximum Gasteiger partial charge on any atom is 0.220 e. The molecule has 0 bridgehead atoms. The van der Waals surface area contributed by atoms with E-state index < -0.39 is 6.10 Å². The lowest BCUT2D eigenvalue weighted by atomic mass is 10.1. The number of hydrogen-bond donors (Lipinski definition) is 4. The molecule has 0 aromatic heterocycles. The molecule has 0 saturated heterocycles. The molecule has 2 atom stereocenters. The molecule has 0 heterocycles. The van der Waals surface area contributed by atoms with E-state index in [2.05, 4.69) is 48.4 Å². The summed E-state index contributed by atoms with van der Waals surface area (Å²) < 4.78 is 0. The normalized spacial score (nSPS) is 13.6. The van der Waals surface area contributed by atoms with Crippen LogP contribution in [0.25, 0.3) is 0 Å². The number of amides is 1. The van der Waals surface area contributed by atoms with Crippen LogP contribution in [-0.2, 0) is 4.79 Å². The number of aliphatic hydroxyl groups is 3. The molecule has 0 aromatic carbocycles. The van der Waals surface area contributed by atoms with Crippen LogP contribution >= 0.6 is 0 Å². The molecule has 5 heteroatoms. The monoisotopic (exact) mass is 602 g/mol. The Morgan fingerprint density at radius 1 is 0.558 bits per heavy atom. The summed E-state index contributed by atoms with van der Waals surface area (Å²) in [4.78, 5) is 11.5. The van der Waals surface area contributed by atoms with Gasteiger partial charge in [0.25, 0.3) is 0 Å². The topological polar surface area (TPSA) is 89.8 Å². The van der Waals surface area contributed by atoms with Crippen molar-refractivity contribution in [2.45, 2.75) is 160 Å². The number of nitrogens with one attached hydrogen (secondary N) is 1. The Morgan fingerprint density at radius 3 is 1.65 bits per heavy atom. The fourth-order valence-electron chi connectivity index (χ4n) is 4.85. The smallest absolute Gasteiger partial charge is 0.220 e. The number of hydrogen-bond acceptors (Lipinski definition) is 4. The van der Waals surface area contributed by atoms with E-state index in [9.17, 15) is 15.0 Å². The summed E-state index contributed by atoms with van der Waals surface area (Å²) in [6.45, 7) is 4.00. The Labute approximate surface area is 265 Å². The Balaban J connectivity index is 3.47.